The number of hydrogen-bond donors (Lipinski definition) is 2. The van der Waals surface area contributed by atoms with Crippen molar-refractivity contribution in [1.82, 2.24) is 15.5 Å². The first-order valence-corrected chi connectivity index (χ1v) is 9.46. The number of carbonyl (C=O) groups is 3. The molecule has 1 heterocycles. The van der Waals surface area contributed by atoms with Crippen LogP contribution in [0.5, 0.6) is 0 Å². The summed E-state index contributed by atoms with van der Waals surface area (Å²) in [6.45, 7) is 1.86. The fourth-order valence-corrected chi connectivity index (χ4v) is 4.48. The molecule has 1 aliphatic heterocycles. The summed E-state index contributed by atoms with van der Waals surface area (Å²) in [5.41, 5.74) is -0.780. The summed E-state index contributed by atoms with van der Waals surface area (Å²) in [5, 5.41) is 5.91. The Labute approximate surface area is 143 Å². The van der Waals surface area contributed by atoms with Gasteiger partial charge < -0.3 is 10.6 Å². The molecule has 6 heteroatoms. The fourth-order valence-electron chi connectivity index (χ4n) is 4.48. The monoisotopic (exact) mass is 335 g/mol. The number of imide groups is 1. The Morgan fingerprint density at radius 2 is 1.79 bits per heavy atom. The average Bonchev–Trinajstić information content (AvgIpc) is 2.75. The van der Waals surface area contributed by atoms with Crippen LogP contribution in [0.1, 0.15) is 71.1 Å². The van der Waals surface area contributed by atoms with Gasteiger partial charge in [0.2, 0.25) is 5.91 Å². The zero-order chi connectivity index (χ0) is 17.2. The number of rotatable bonds is 3. The lowest BCUT2D eigenvalue weighted by Gasteiger charge is -2.36. The number of hydrogen-bond acceptors (Lipinski definition) is 3. The second-order valence-corrected chi connectivity index (χ2v) is 7.70. The van der Waals surface area contributed by atoms with Crippen LogP contribution in [0.15, 0.2) is 0 Å². The van der Waals surface area contributed by atoms with E-state index in [9.17, 15) is 14.4 Å². The summed E-state index contributed by atoms with van der Waals surface area (Å²) >= 11 is 0. The molecule has 2 saturated carbocycles. The van der Waals surface area contributed by atoms with Crippen LogP contribution >= 0.6 is 0 Å². The van der Waals surface area contributed by atoms with Crippen molar-refractivity contribution in [2.75, 3.05) is 6.54 Å². The van der Waals surface area contributed by atoms with Crippen molar-refractivity contribution in [1.29, 1.82) is 0 Å². The van der Waals surface area contributed by atoms with Crippen molar-refractivity contribution in [3.8, 4) is 0 Å². The van der Waals surface area contributed by atoms with E-state index in [0.717, 1.165) is 49.8 Å². The van der Waals surface area contributed by atoms with Crippen molar-refractivity contribution in [3.05, 3.63) is 0 Å². The fraction of sp³-hybridized carbons (Fsp3) is 0.833. The molecule has 24 heavy (non-hydrogen) atoms. The van der Waals surface area contributed by atoms with E-state index in [-0.39, 0.29) is 30.3 Å². The molecule has 2 aliphatic carbocycles. The third kappa shape index (κ3) is 3.28. The third-order valence-electron chi connectivity index (χ3n) is 6.02. The van der Waals surface area contributed by atoms with Crippen molar-refractivity contribution in [3.63, 3.8) is 0 Å². The topological polar surface area (TPSA) is 78.5 Å². The minimum absolute atomic E-state index is 0.123. The summed E-state index contributed by atoms with van der Waals surface area (Å²) in [6, 6.07) is -0.229. The Morgan fingerprint density at radius 1 is 1.12 bits per heavy atom. The van der Waals surface area contributed by atoms with Gasteiger partial charge in [-0.05, 0) is 31.6 Å². The van der Waals surface area contributed by atoms with Crippen LogP contribution in [0.25, 0.3) is 0 Å². The molecule has 0 aromatic carbocycles. The Kier molecular flexibility index (Phi) is 5.11. The van der Waals surface area contributed by atoms with Crippen LogP contribution in [0.3, 0.4) is 0 Å². The van der Waals surface area contributed by atoms with Crippen LogP contribution in [-0.2, 0) is 9.59 Å². The SMILES string of the molecule is CC1CCCCC12NC(=O)N(CC(=O)NC1CCCCCC1)C2=O. The highest BCUT2D eigenvalue weighted by Crippen LogP contribution is 2.38. The zero-order valence-electron chi connectivity index (χ0n) is 14.6. The van der Waals surface area contributed by atoms with Gasteiger partial charge >= 0.3 is 6.03 Å². The number of amides is 4. The smallest absolute Gasteiger partial charge is 0.325 e. The molecule has 1 spiro atoms. The Balaban J connectivity index is 1.61. The van der Waals surface area contributed by atoms with Crippen LogP contribution in [-0.4, -0.2) is 40.9 Å². The van der Waals surface area contributed by atoms with E-state index >= 15 is 0 Å². The molecule has 1 saturated heterocycles. The van der Waals surface area contributed by atoms with Crippen molar-refractivity contribution in [2.24, 2.45) is 5.92 Å². The van der Waals surface area contributed by atoms with E-state index in [1.54, 1.807) is 0 Å². The second kappa shape index (κ2) is 7.11. The molecule has 6 nitrogen and oxygen atoms in total. The zero-order valence-corrected chi connectivity index (χ0v) is 14.6. The minimum atomic E-state index is -0.780. The predicted molar refractivity (Wildman–Crippen MR) is 90.2 cm³/mol. The highest BCUT2D eigenvalue weighted by atomic mass is 16.2. The van der Waals surface area contributed by atoms with Gasteiger partial charge in [-0.2, -0.15) is 0 Å². The van der Waals surface area contributed by atoms with E-state index in [1.165, 1.54) is 12.8 Å². The average molecular weight is 335 g/mol. The van der Waals surface area contributed by atoms with Gasteiger partial charge in [-0.1, -0.05) is 45.4 Å². The quantitative estimate of drug-likeness (QED) is 0.614. The van der Waals surface area contributed by atoms with Crippen molar-refractivity contribution in [2.45, 2.75) is 82.7 Å². The van der Waals surface area contributed by atoms with E-state index in [2.05, 4.69) is 10.6 Å². The molecule has 3 aliphatic rings. The van der Waals surface area contributed by atoms with Crippen LogP contribution in [0.2, 0.25) is 0 Å². The molecule has 134 valence electrons. The molecule has 4 amide bonds. The van der Waals surface area contributed by atoms with Gasteiger partial charge in [-0.15, -0.1) is 0 Å². The lowest BCUT2D eigenvalue weighted by atomic mass is 9.73. The van der Waals surface area contributed by atoms with Crippen LogP contribution < -0.4 is 10.6 Å². The summed E-state index contributed by atoms with van der Waals surface area (Å²) in [6.07, 6.45) is 10.4. The summed E-state index contributed by atoms with van der Waals surface area (Å²) < 4.78 is 0. The normalized spacial score (nSPS) is 31.9. The molecule has 3 fully saturated rings. The van der Waals surface area contributed by atoms with E-state index < -0.39 is 11.6 Å². The van der Waals surface area contributed by atoms with E-state index in [0.29, 0.717) is 6.42 Å². The second-order valence-electron chi connectivity index (χ2n) is 7.70. The maximum absolute atomic E-state index is 12.8. The van der Waals surface area contributed by atoms with E-state index in [1.807, 2.05) is 6.92 Å². The highest BCUT2D eigenvalue weighted by molar-refractivity contribution is 6.09. The molecular weight excluding hydrogens is 306 g/mol. The minimum Gasteiger partial charge on any atom is -0.352 e. The van der Waals surface area contributed by atoms with Crippen LogP contribution in [0, 0.1) is 5.92 Å². The van der Waals surface area contributed by atoms with Gasteiger partial charge in [-0.25, -0.2) is 4.79 Å². The van der Waals surface area contributed by atoms with Gasteiger partial charge in [0.05, 0.1) is 0 Å². The molecule has 0 radical (unpaired) electrons. The molecule has 0 aromatic rings. The first kappa shape index (κ1) is 17.2. The number of nitrogens with one attached hydrogen (secondary N) is 2. The Bertz CT molecular complexity index is 514. The summed E-state index contributed by atoms with van der Waals surface area (Å²) in [7, 11) is 0. The molecular formula is C18H29N3O3. The molecule has 0 bridgehead atoms. The molecule has 2 atom stereocenters. The highest BCUT2D eigenvalue weighted by Gasteiger charge is 2.55. The summed E-state index contributed by atoms with van der Waals surface area (Å²) in [4.78, 5) is 38.6. The lowest BCUT2D eigenvalue weighted by molar-refractivity contribution is -0.137. The van der Waals surface area contributed by atoms with Gasteiger partial charge in [0, 0.05) is 6.04 Å². The molecule has 2 unspecified atom stereocenters. The molecule has 3 rings (SSSR count). The predicted octanol–water partition coefficient (Wildman–Crippen LogP) is 2.33. The maximum Gasteiger partial charge on any atom is 0.325 e. The number of urea groups is 1. The lowest BCUT2D eigenvalue weighted by Crippen LogP contribution is -2.54. The van der Waals surface area contributed by atoms with Crippen molar-refractivity contribution >= 4 is 17.8 Å². The molecule has 0 aromatic heterocycles. The summed E-state index contributed by atoms with van der Waals surface area (Å²) in [5.74, 6) is -0.306. The van der Waals surface area contributed by atoms with Crippen LogP contribution in [0.4, 0.5) is 4.79 Å². The Morgan fingerprint density at radius 3 is 2.46 bits per heavy atom. The standard InChI is InChI=1S/C18H29N3O3/c1-13-8-6-7-11-18(13)16(23)21(17(24)20-18)12-15(22)19-14-9-4-2-3-5-10-14/h13-14H,2-12H2,1H3,(H,19,22)(H,20,24). The first-order chi connectivity index (χ1) is 11.5. The largest absolute Gasteiger partial charge is 0.352 e. The first-order valence-electron chi connectivity index (χ1n) is 9.46. The van der Waals surface area contributed by atoms with Gasteiger partial charge in [0.15, 0.2) is 0 Å². The maximum atomic E-state index is 12.8. The Hall–Kier alpha value is -1.59. The number of carbonyl (C=O) groups excluding carboxylic acids is 3. The third-order valence-corrected chi connectivity index (χ3v) is 6.02. The molecule has 2 N–H and O–H groups in total. The van der Waals surface area contributed by atoms with Gasteiger partial charge in [0.25, 0.3) is 5.91 Å². The number of nitrogens with zero attached hydrogens (tertiary/aromatic N) is 1. The van der Waals surface area contributed by atoms with Crippen molar-refractivity contribution < 1.29 is 14.4 Å². The van der Waals surface area contributed by atoms with Gasteiger partial charge in [0.1, 0.15) is 12.1 Å². The van der Waals surface area contributed by atoms with E-state index in [4.69, 9.17) is 0 Å². The van der Waals surface area contributed by atoms with Gasteiger partial charge in [-0.3, -0.25) is 14.5 Å².